The normalized spacial score (nSPS) is 11.7. The number of carbonyl (C=O) groups excluding carboxylic acids is 1. The van der Waals surface area contributed by atoms with E-state index in [1.54, 1.807) is 18.3 Å². The Morgan fingerprint density at radius 2 is 2.06 bits per heavy atom. The van der Waals surface area contributed by atoms with E-state index in [0.717, 1.165) is 0 Å². The lowest BCUT2D eigenvalue weighted by molar-refractivity contribution is -0.123. The Morgan fingerprint density at radius 1 is 1.44 bits per heavy atom. The maximum absolute atomic E-state index is 12.6. The van der Waals surface area contributed by atoms with Crippen molar-refractivity contribution >= 4 is 11.6 Å². The number of benzene rings is 1. The zero-order chi connectivity index (χ0) is 13.9. The summed E-state index contributed by atoms with van der Waals surface area (Å²) in [6, 6.07) is 4.47. The highest BCUT2D eigenvalue weighted by Crippen LogP contribution is 2.22. The third-order valence-electron chi connectivity index (χ3n) is 2.26. The van der Waals surface area contributed by atoms with Gasteiger partial charge in [-0.1, -0.05) is 11.6 Å². The standard InChI is InChI=1S/C11H12F4N2O/c1-6-2-3-8(16)7(4-6)9(18)17-5-11(14,15)10(12)13/h2-4,10H,5,16H2,1H3,(H,17,18). The molecule has 7 heteroatoms. The van der Waals surface area contributed by atoms with Crippen LogP contribution in [0.15, 0.2) is 18.2 Å². The molecule has 0 fully saturated rings. The smallest absolute Gasteiger partial charge is 0.324 e. The second-order valence-corrected chi connectivity index (χ2v) is 3.84. The zero-order valence-electron chi connectivity index (χ0n) is 9.51. The molecule has 0 unspecified atom stereocenters. The third kappa shape index (κ3) is 3.35. The minimum absolute atomic E-state index is 0.0138. The van der Waals surface area contributed by atoms with Crippen LogP contribution in [0.4, 0.5) is 23.2 Å². The summed E-state index contributed by atoms with van der Waals surface area (Å²) in [5.74, 6) is -5.16. The zero-order valence-corrected chi connectivity index (χ0v) is 9.51. The molecule has 0 saturated heterocycles. The number of nitrogen functional groups attached to an aromatic ring is 1. The third-order valence-corrected chi connectivity index (χ3v) is 2.26. The van der Waals surface area contributed by atoms with Crippen LogP contribution >= 0.6 is 0 Å². The van der Waals surface area contributed by atoms with Crippen molar-refractivity contribution in [1.29, 1.82) is 0 Å². The number of hydrogen-bond donors (Lipinski definition) is 2. The Bertz CT molecular complexity index is 449. The van der Waals surface area contributed by atoms with Crippen molar-refractivity contribution < 1.29 is 22.4 Å². The van der Waals surface area contributed by atoms with Crippen LogP contribution in [0.2, 0.25) is 0 Å². The number of rotatable bonds is 4. The van der Waals surface area contributed by atoms with E-state index in [-0.39, 0.29) is 11.3 Å². The Labute approximate surface area is 101 Å². The lowest BCUT2D eigenvalue weighted by Gasteiger charge is -2.16. The second-order valence-electron chi connectivity index (χ2n) is 3.84. The van der Waals surface area contributed by atoms with Gasteiger partial charge >= 0.3 is 12.3 Å². The van der Waals surface area contributed by atoms with Gasteiger partial charge in [-0.25, -0.2) is 8.78 Å². The topological polar surface area (TPSA) is 55.1 Å². The molecule has 18 heavy (non-hydrogen) atoms. The van der Waals surface area contributed by atoms with Crippen molar-refractivity contribution in [3.63, 3.8) is 0 Å². The van der Waals surface area contributed by atoms with Crippen molar-refractivity contribution in [2.45, 2.75) is 19.3 Å². The molecule has 100 valence electrons. The number of aryl methyl sites for hydroxylation is 1. The first-order valence-corrected chi connectivity index (χ1v) is 5.04. The molecule has 1 amide bonds. The molecule has 3 N–H and O–H groups in total. The van der Waals surface area contributed by atoms with Crippen LogP contribution in [0.3, 0.4) is 0 Å². The van der Waals surface area contributed by atoms with Crippen LogP contribution in [-0.2, 0) is 0 Å². The fourth-order valence-corrected chi connectivity index (χ4v) is 1.24. The van der Waals surface area contributed by atoms with Crippen molar-refractivity contribution in [3.8, 4) is 0 Å². The van der Waals surface area contributed by atoms with E-state index in [0.29, 0.717) is 5.56 Å². The van der Waals surface area contributed by atoms with Gasteiger partial charge in [0, 0.05) is 5.69 Å². The largest absolute Gasteiger partial charge is 0.398 e. The number of nitrogens with two attached hydrogens (primary N) is 1. The van der Waals surface area contributed by atoms with E-state index in [1.807, 2.05) is 0 Å². The Morgan fingerprint density at radius 3 is 2.61 bits per heavy atom. The van der Waals surface area contributed by atoms with Crippen molar-refractivity contribution in [2.75, 3.05) is 12.3 Å². The molecule has 0 radical (unpaired) electrons. The lowest BCUT2D eigenvalue weighted by Crippen LogP contribution is -2.41. The second kappa shape index (κ2) is 5.24. The fraction of sp³-hybridized carbons (Fsp3) is 0.364. The molecule has 0 spiro atoms. The highest BCUT2D eigenvalue weighted by atomic mass is 19.3. The van der Waals surface area contributed by atoms with Gasteiger partial charge in [-0.3, -0.25) is 4.79 Å². The van der Waals surface area contributed by atoms with Gasteiger partial charge in [0.1, 0.15) is 0 Å². The van der Waals surface area contributed by atoms with Crippen LogP contribution in [0.1, 0.15) is 15.9 Å². The molecule has 0 heterocycles. The molecular weight excluding hydrogens is 252 g/mol. The first-order valence-electron chi connectivity index (χ1n) is 5.04. The number of anilines is 1. The molecule has 0 bridgehead atoms. The quantitative estimate of drug-likeness (QED) is 0.647. The number of nitrogens with one attached hydrogen (secondary N) is 1. The molecule has 0 saturated carbocycles. The van der Waals surface area contributed by atoms with Crippen LogP contribution < -0.4 is 11.1 Å². The Balaban J connectivity index is 2.75. The number of carbonyl (C=O) groups is 1. The highest BCUT2D eigenvalue weighted by molar-refractivity contribution is 5.99. The van der Waals surface area contributed by atoms with E-state index in [1.165, 1.54) is 12.1 Å². The first kappa shape index (κ1) is 14.3. The van der Waals surface area contributed by atoms with Crippen molar-refractivity contribution in [1.82, 2.24) is 5.32 Å². The molecule has 0 atom stereocenters. The van der Waals surface area contributed by atoms with E-state index >= 15 is 0 Å². The molecule has 1 aromatic carbocycles. The molecule has 0 aromatic heterocycles. The van der Waals surface area contributed by atoms with Gasteiger partial charge in [0.05, 0.1) is 12.1 Å². The molecule has 0 aliphatic heterocycles. The maximum atomic E-state index is 12.6. The Kier molecular flexibility index (Phi) is 4.15. The average molecular weight is 264 g/mol. The number of alkyl halides is 4. The van der Waals surface area contributed by atoms with E-state index in [2.05, 4.69) is 0 Å². The summed E-state index contributed by atoms with van der Waals surface area (Å²) >= 11 is 0. The molecule has 1 aromatic rings. The molecule has 1 rings (SSSR count). The van der Waals surface area contributed by atoms with Crippen molar-refractivity contribution in [3.05, 3.63) is 29.3 Å². The van der Waals surface area contributed by atoms with E-state index in [4.69, 9.17) is 5.73 Å². The summed E-state index contributed by atoms with van der Waals surface area (Å²) in [5.41, 5.74) is 6.28. The number of halogens is 4. The number of amides is 1. The summed E-state index contributed by atoms with van der Waals surface area (Å²) in [6.07, 6.45) is -3.83. The monoisotopic (exact) mass is 264 g/mol. The maximum Gasteiger partial charge on any atom is 0.324 e. The van der Waals surface area contributed by atoms with Gasteiger partial charge < -0.3 is 11.1 Å². The van der Waals surface area contributed by atoms with Gasteiger partial charge in [-0.05, 0) is 19.1 Å². The summed E-state index contributed by atoms with van der Waals surface area (Å²) in [4.78, 5) is 11.5. The van der Waals surface area contributed by atoms with Crippen LogP contribution in [-0.4, -0.2) is 24.8 Å². The van der Waals surface area contributed by atoms with Gasteiger partial charge in [0.25, 0.3) is 5.91 Å². The van der Waals surface area contributed by atoms with Crippen LogP contribution in [0.5, 0.6) is 0 Å². The van der Waals surface area contributed by atoms with Gasteiger partial charge in [0.15, 0.2) is 0 Å². The highest BCUT2D eigenvalue weighted by Gasteiger charge is 2.40. The Hall–Kier alpha value is -1.79. The van der Waals surface area contributed by atoms with E-state index < -0.39 is 24.8 Å². The fourth-order valence-electron chi connectivity index (χ4n) is 1.24. The summed E-state index contributed by atoms with van der Waals surface area (Å²) < 4.78 is 49.0. The van der Waals surface area contributed by atoms with E-state index in [9.17, 15) is 22.4 Å². The molecule has 0 aliphatic carbocycles. The first-order chi connectivity index (χ1) is 8.24. The lowest BCUT2D eigenvalue weighted by atomic mass is 10.1. The number of hydrogen-bond acceptors (Lipinski definition) is 2. The molecule has 0 aliphatic rings. The summed E-state index contributed by atoms with van der Waals surface area (Å²) in [7, 11) is 0. The van der Waals surface area contributed by atoms with Gasteiger partial charge in [-0.15, -0.1) is 0 Å². The van der Waals surface area contributed by atoms with Crippen molar-refractivity contribution in [2.24, 2.45) is 0 Å². The molecule has 3 nitrogen and oxygen atoms in total. The predicted molar refractivity (Wildman–Crippen MR) is 58.9 cm³/mol. The van der Waals surface area contributed by atoms with Crippen LogP contribution in [0, 0.1) is 6.92 Å². The predicted octanol–water partition coefficient (Wildman–Crippen LogP) is 2.21. The average Bonchev–Trinajstić information content (AvgIpc) is 2.29. The minimum atomic E-state index is -4.26. The van der Waals surface area contributed by atoms with Crippen LogP contribution in [0.25, 0.3) is 0 Å². The van der Waals surface area contributed by atoms with Gasteiger partial charge in [-0.2, -0.15) is 8.78 Å². The molecular formula is C11H12F4N2O. The van der Waals surface area contributed by atoms with Gasteiger partial charge in [0.2, 0.25) is 0 Å². The SMILES string of the molecule is Cc1ccc(N)c(C(=O)NCC(F)(F)C(F)F)c1. The summed E-state index contributed by atoms with van der Waals surface area (Å²) in [6.45, 7) is 0.251. The minimum Gasteiger partial charge on any atom is -0.398 e. The summed E-state index contributed by atoms with van der Waals surface area (Å²) in [5, 5.41) is 1.74.